The van der Waals surface area contributed by atoms with Gasteiger partial charge in [0.1, 0.15) is 0 Å². The fourth-order valence-electron chi connectivity index (χ4n) is 3.31. The zero-order valence-corrected chi connectivity index (χ0v) is 16.2. The van der Waals surface area contributed by atoms with E-state index < -0.39 is 0 Å². The molecule has 2 aromatic rings. The molecule has 0 radical (unpaired) electrons. The van der Waals surface area contributed by atoms with Crippen molar-refractivity contribution < 1.29 is 4.79 Å². The fraction of sp³-hybridized carbons (Fsp3) is 0.381. The second kappa shape index (κ2) is 8.67. The summed E-state index contributed by atoms with van der Waals surface area (Å²) in [6.45, 7) is 6.74. The molecule has 1 aliphatic rings. The summed E-state index contributed by atoms with van der Waals surface area (Å²) >= 11 is 6.16. The van der Waals surface area contributed by atoms with Gasteiger partial charge in [0.25, 0.3) is 5.91 Å². The zero-order valence-electron chi connectivity index (χ0n) is 15.4. The van der Waals surface area contributed by atoms with E-state index in [9.17, 15) is 4.79 Å². The van der Waals surface area contributed by atoms with Crippen LogP contribution in [0.25, 0.3) is 0 Å². The maximum Gasteiger partial charge on any atom is 0.252 e. The molecule has 1 N–H and O–H groups in total. The normalized spacial score (nSPS) is 17.0. The second-order valence-electron chi connectivity index (χ2n) is 6.96. The Hall–Kier alpha value is -1.88. The first-order chi connectivity index (χ1) is 12.5. The molecule has 0 aliphatic carbocycles. The third-order valence-electron chi connectivity index (χ3n) is 5.02. The van der Waals surface area contributed by atoms with Crippen molar-refractivity contribution in [3.8, 4) is 0 Å². The highest BCUT2D eigenvalue weighted by Crippen LogP contribution is 2.23. The molecule has 0 unspecified atom stereocenters. The molecule has 138 valence electrons. The minimum absolute atomic E-state index is 0.123. The Morgan fingerprint density at radius 3 is 2.38 bits per heavy atom. The van der Waals surface area contributed by atoms with E-state index in [1.165, 1.54) is 11.1 Å². The van der Waals surface area contributed by atoms with Crippen LogP contribution in [0.2, 0.25) is 5.02 Å². The summed E-state index contributed by atoms with van der Waals surface area (Å²) in [5.41, 5.74) is 3.00. The molecule has 5 heteroatoms. The van der Waals surface area contributed by atoms with Crippen LogP contribution < -0.4 is 5.32 Å². The lowest BCUT2D eigenvalue weighted by Crippen LogP contribution is -2.48. The molecule has 2 aromatic carbocycles. The van der Waals surface area contributed by atoms with Gasteiger partial charge in [-0.1, -0.05) is 53.6 Å². The molecule has 1 saturated heterocycles. The van der Waals surface area contributed by atoms with Crippen LogP contribution in [0.5, 0.6) is 0 Å². The second-order valence-corrected chi connectivity index (χ2v) is 7.36. The number of halogens is 1. The standard InChI is InChI=1S/C21H26ClN3O/c1-16-7-9-17(10-8-16)20(25-13-11-24(2)12-14-25)15-23-21(26)18-5-3-4-6-19(18)22/h3-10,20H,11-15H2,1-2H3,(H,23,26)/t20-/m1/s1. The smallest absolute Gasteiger partial charge is 0.252 e. The van der Waals surface area contributed by atoms with E-state index in [-0.39, 0.29) is 11.9 Å². The van der Waals surface area contributed by atoms with Crippen molar-refractivity contribution in [3.05, 3.63) is 70.2 Å². The van der Waals surface area contributed by atoms with Crippen molar-refractivity contribution in [1.29, 1.82) is 0 Å². The topological polar surface area (TPSA) is 35.6 Å². The van der Waals surface area contributed by atoms with Crippen molar-refractivity contribution in [2.75, 3.05) is 39.8 Å². The number of aryl methyl sites for hydroxylation is 1. The predicted molar refractivity (Wildman–Crippen MR) is 107 cm³/mol. The molecule has 0 bridgehead atoms. The monoisotopic (exact) mass is 371 g/mol. The van der Waals surface area contributed by atoms with Gasteiger partial charge in [-0.2, -0.15) is 0 Å². The van der Waals surface area contributed by atoms with Gasteiger partial charge in [-0.25, -0.2) is 0 Å². The molecule has 1 atom stereocenters. The van der Waals surface area contributed by atoms with Crippen molar-refractivity contribution >= 4 is 17.5 Å². The first-order valence-corrected chi connectivity index (χ1v) is 9.44. The van der Waals surface area contributed by atoms with E-state index >= 15 is 0 Å². The molecule has 0 saturated carbocycles. The summed E-state index contributed by atoms with van der Waals surface area (Å²) in [5, 5.41) is 3.57. The number of carbonyl (C=O) groups is 1. The molecular weight excluding hydrogens is 346 g/mol. The minimum atomic E-state index is -0.123. The number of hydrogen-bond donors (Lipinski definition) is 1. The average molecular weight is 372 g/mol. The molecule has 1 fully saturated rings. The van der Waals surface area contributed by atoms with Crippen LogP contribution in [0.1, 0.15) is 27.5 Å². The zero-order chi connectivity index (χ0) is 18.5. The molecule has 1 aliphatic heterocycles. The van der Waals surface area contributed by atoms with Gasteiger partial charge in [0.2, 0.25) is 0 Å². The molecule has 3 rings (SSSR count). The third kappa shape index (κ3) is 4.64. The lowest BCUT2D eigenvalue weighted by Gasteiger charge is -2.38. The van der Waals surface area contributed by atoms with E-state index in [2.05, 4.69) is 53.4 Å². The number of amides is 1. The number of piperazine rings is 1. The molecule has 0 aromatic heterocycles. The highest BCUT2D eigenvalue weighted by molar-refractivity contribution is 6.33. The molecule has 4 nitrogen and oxygen atoms in total. The summed E-state index contributed by atoms with van der Waals surface area (Å²) < 4.78 is 0. The molecule has 26 heavy (non-hydrogen) atoms. The first kappa shape index (κ1) is 18.9. The van der Waals surface area contributed by atoms with Crippen molar-refractivity contribution in [2.24, 2.45) is 0 Å². The molecule has 1 amide bonds. The van der Waals surface area contributed by atoms with Crippen LogP contribution in [0.15, 0.2) is 48.5 Å². The summed E-state index contributed by atoms with van der Waals surface area (Å²) in [4.78, 5) is 17.4. The van der Waals surface area contributed by atoms with E-state index in [4.69, 9.17) is 11.6 Å². The highest BCUT2D eigenvalue weighted by atomic mass is 35.5. The Balaban J connectivity index is 1.74. The quantitative estimate of drug-likeness (QED) is 0.875. The van der Waals surface area contributed by atoms with Gasteiger partial charge in [0.15, 0.2) is 0 Å². The Morgan fingerprint density at radius 1 is 1.08 bits per heavy atom. The van der Waals surface area contributed by atoms with Crippen LogP contribution in [0.3, 0.4) is 0 Å². The summed E-state index contributed by atoms with van der Waals surface area (Å²) in [5.74, 6) is -0.123. The van der Waals surface area contributed by atoms with Crippen molar-refractivity contribution in [2.45, 2.75) is 13.0 Å². The predicted octanol–water partition coefficient (Wildman–Crippen LogP) is 3.37. The van der Waals surface area contributed by atoms with Gasteiger partial charge in [0, 0.05) is 32.7 Å². The maximum atomic E-state index is 12.6. The Bertz CT molecular complexity index is 739. The van der Waals surface area contributed by atoms with Crippen LogP contribution in [-0.4, -0.2) is 55.5 Å². The third-order valence-corrected chi connectivity index (χ3v) is 5.34. The van der Waals surface area contributed by atoms with Gasteiger partial charge in [-0.05, 0) is 31.7 Å². The summed E-state index contributed by atoms with van der Waals surface area (Å²) in [6, 6.07) is 15.9. The van der Waals surface area contributed by atoms with Crippen LogP contribution >= 0.6 is 11.6 Å². The fourth-order valence-corrected chi connectivity index (χ4v) is 3.53. The van der Waals surface area contributed by atoms with Gasteiger partial charge in [-0.15, -0.1) is 0 Å². The van der Waals surface area contributed by atoms with Crippen molar-refractivity contribution in [3.63, 3.8) is 0 Å². The number of benzene rings is 2. The van der Waals surface area contributed by atoms with E-state index in [0.29, 0.717) is 17.1 Å². The Kier molecular flexibility index (Phi) is 6.30. The largest absolute Gasteiger partial charge is 0.350 e. The number of rotatable bonds is 5. The SMILES string of the molecule is Cc1ccc([C@@H](CNC(=O)c2ccccc2Cl)N2CCN(C)CC2)cc1. The first-order valence-electron chi connectivity index (χ1n) is 9.06. The van der Waals surface area contributed by atoms with E-state index in [1.54, 1.807) is 12.1 Å². The molecular formula is C21H26ClN3O. The lowest BCUT2D eigenvalue weighted by molar-refractivity contribution is 0.0886. The number of carbonyl (C=O) groups excluding carboxylic acids is 1. The van der Waals surface area contributed by atoms with Gasteiger partial charge < -0.3 is 10.2 Å². The van der Waals surface area contributed by atoms with E-state index in [1.807, 2.05) is 12.1 Å². The lowest BCUT2D eigenvalue weighted by atomic mass is 10.0. The molecule has 1 heterocycles. The molecule has 0 spiro atoms. The average Bonchev–Trinajstić information content (AvgIpc) is 2.65. The Labute approximate surface area is 160 Å². The van der Waals surface area contributed by atoms with Crippen LogP contribution in [0.4, 0.5) is 0 Å². The number of hydrogen-bond acceptors (Lipinski definition) is 3. The highest BCUT2D eigenvalue weighted by Gasteiger charge is 2.24. The van der Waals surface area contributed by atoms with Gasteiger partial charge in [-0.3, -0.25) is 9.69 Å². The number of likely N-dealkylation sites (N-methyl/N-ethyl adjacent to an activating group) is 1. The van der Waals surface area contributed by atoms with E-state index in [0.717, 1.165) is 26.2 Å². The maximum absolute atomic E-state index is 12.6. The summed E-state index contributed by atoms with van der Waals surface area (Å²) in [7, 11) is 2.15. The minimum Gasteiger partial charge on any atom is -0.350 e. The van der Waals surface area contributed by atoms with Crippen molar-refractivity contribution in [1.82, 2.24) is 15.1 Å². The van der Waals surface area contributed by atoms with Gasteiger partial charge >= 0.3 is 0 Å². The number of nitrogens with one attached hydrogen (secondary N) is 1. The van der Waals surface area contributed by atoms with Crippen LogP contribution in [-0.2, 0) is 0 Å². The van der Waals surface area contributed by atoms with Gasteiger partial charge in [0.05, 0.1) is 16.6 Å². The summed E-state index contributed by atoms with van der Waals surface area (Å²) in [6.07, 6.45) is 0. The van der Waals surface area contributed by atoms with Crippen LogP contribution in [0, 0.1) is 6.92 Å². The number of nitrogens with zero attached hydrogens (tertiary/aromatic N) is 2. The Morgan fingerprint density at radius 2 is 1.73 bits per heavy atom.